The minimum atomic E-state index is -0.308. The van der Waals surface area contributed by atoms with E-state index in [2.05, 4.69) is 0 Å². The second-order valence-electron chi connectivity index (χ2n) is 2.75. The fourth-order valence-electron chi connectivity index (χ4n) is 1.08. The van der Waals surface area contributed by atoms with E-state index in [4.69, 9.17) is 17.3 Å². The number of carbonyl (C=O) groups excluding carboxylic acids is 1. The van der Waals surface area contributed by atoms with Crippen molar-refractivity contribution in [1.29, 1.82) is 0 Å². The van der Waals surface area contributed by atoms with Gasteiger partial charge in [0.15, 0.2) is 0 Å². The van der Waals surface area contributed by atoms with Crippen molar-refractivity contribution in [2.75, 3.05) is 0 Å². The normalized spacial score (nSPS) is 22.9. The molecule has 3 heteroatoms. The summed E-state index contributed by atoms with van der Waals surface area (Å²) in [7, 11) is 0. The Morgan fingerprint density at radius 3 is 2.33 bits per heavy atom. The van der Waals surface area contributed by atoms with Gasteiger partial charge in [-0.3, -0.25) is 4.79 Å². The van der Waals surface area contributed by atoms with E-state index in [1.54, 1.807) is 0 Å². The van der Waals surface area contributed by atoms with Crippen LogP contribution >= 0.6 is 11.6 Å². The topological polar surface area (TPSA) is 43.1 Å². The van der Waals surface area contributed by atoms with Crippen LogP contribution in [0.4, 0.5) is 0 Å². The van der Waals surface area contributed by atoms with Crippen molar-refractivity contribution in [3.8, 4) is 0 Å². The minimum Gasteiger partial charge on any atom is -0.325 e. The van der Waals surface area contributed by atoms with Crippen LogP contribution in [0.3, 0.4) is 0 Å². The standard InChI is InChI=1S/C6H10ClNO/c7-5(9)4-6(8)2-1-3-6/h1-4,8H2. The van der Waals surface area contributed by atoms with Crippen LogP contribution in [0, 0.1) is 0 Å². The molecule has 0 aromatic carbocycles. The SMILES string of the molecule is NC1(CC(=O)Cl)CCC1. The van der Waals surface area contributed by atoms with E-state index < -0.39 is 0 Å². The summed E-state index contributed by atoms with van der Waals surface area (Å²) in [6.45, 7) is 0. The molecule has 0 aromatic rings. The molecular weight excluding hydrogens is 138 g/mol. The summed E-state index contributed by atoms with van der Waals surface area (Å²) in [6, 6.07) is 0. The molecule has 1 fully saturated rings. The molecule has 2 nitrogen and oxygen atoms in total. The van der Waals surface area contributed by atoms with E-state index in [9.17, 15) is 4.79 Å². The Hall–Kier alpha value is -0.0800. The van der Waals surface area contributed by atoms with Gasteiger partial charge in [-0.25, -0.2) is 0 Å². The van der Waals surface area contributed by atoms with Crippen molar-refractivity contribution in [1.82, 2.24) is 0 Å². The van der Waals surface area contributed by atoms with Crippen LogP contribution in [0.5, 0.6) is 0 Å². The highest BCUT2D eigenvalue weighted by atomic mass is 35.5. The second-order valence-corrected chi connectivity index (χ2v) is 3.17. The fraction of sp³-hybridized carbons (Fsp3) is 0.833. The van der Waals surface area contributed by atoms with Gasteiger partial charge < -0.3 is 5.73 Å². The van der Waals surface area contributed by atoms with E-state index in [0.29, 0.717) is 6.42 Å². The molecule has 2 N–H and O–H groups in total. The highest BCUT2D eigenvalue weighted by molar-refractivity contribution is 6.63. The Morgan fingerprint density at radius 1 is 1.67 bits per heavy atom. The van der Waals surface area contributed by atoms with Gasteiger partial charge in [0.1, 0.15) is 0 Å². The first-order valence-electron chi connectivity index (χ1n) is 3.10. The third-order valence-electron chi connectivity index (χ3n) is 1.84. The number of halogens is 1. The maximum absolute atomic E-state index is 10.3. The Morgan fingerprint density at radius 2 is 2.22 bits per heavy atom. The number of hydrogen-bond donors (Lipinski definition) is 1. The summed E-state index contributed by atoms with van der Waals surface area (Å²) in [4.78, 5) is 10.3. The lowest BCUT2D eigenvalue weighted by atomic mass is 9.76. The first-order chi connectivity index (χ1) is 4.12. The van der Waals surface area contributed by atoms with Crippen molar-refractivity contribution in [2.24, 2.45) is 5.73 Å². The summed E-state index contributed by atoms with van der Waals surface area (Å²) in [5.74, 6) is 0. The summed E-state index contributed by atoms with van der Waals surface area (Å²) in [5.41, 5.74) is 5.46. The lowest BCUT2D eigenvalue weighted by Gasteiger charge is -2.36. The first-order valence-corrected chi connectivity index (χ1v) is 3.47. The second kappa shape index (κ2) is 2.27. The summed E-state index contributed by atoms with van der Waals surface area (Å²) in [6.07, 6.45) is 3.38. The molecule has 0 radical (unpaired) electrons. The van der Waals surface area contributed by atoms with Crippen LogP contribution in [0.15, 0.2) is 0 Å². The molecule has 0 amide bonds. The maximum atomic E-state index is 10.3. The molecule has 0 saturated heterocycles. The average Bonchev–Trinajstić information content (AvgIpc) is 1.60. The smallest absolute Gasteiger partial charge is 0.223 e. The van der Waals surface area contributed by atoms with Crippen molar-refractivity contribution in [3.05, 3.63) is 0 Å². The van der Waals surface area contributed by atoms with Crippen LogP contribution in [-0.4, -0.2) is 10.8 Å². The zero-order valence-electron chi connectivity index (χ0n) is 5.19. The molecule has 52 valence electrons. The third-order valence-corrected chi connectivity index (χ3v) is 1.97. The summed E-state index contributed by atoms with van der Waals surface area (Å²) >= 11 is 5.16. The van der Waals surface area contributed by atoms with E-state index in [1.807, 2.05) is 0 Å². The van der Waals surface area contributed by atoms with Crippen LogP contribution in [0.2, 0.25) is 0 Å². The maximum Gasteiger partial charge on any atom is 0.223 e. The highest BCUT2D eigenvalue weighted by Crippen LogP contribution is 2.32. The van der Waals surface area contributed by atoms with E-state index >= 15 is 0 Å². The van der Waals surface area contributed by atoms with Gasteiger partial charge in [0, 0.05) is 12.0 Å². The molecular formula is C6H10ClNO. The number of hydrogen-bond acceptors (Lipinski definition) is 2. The largest absolute Gasteiger partial charge is 0.325 e. The molecule has 0 heterocycles. The number of nitrogens with two attached hydrogens (primary N) is 1. The molecule has 9 heavy (non-hydrogen) atoms. The zero-order valence-corrected chi connectivity index (χ0v) is 5.95. The molecule has 1 aliphatic carbocycles. The van der Waals surface area contributed by atoms with Gasteiger partial charge in [0.2, 0.25) is 5.24 Å². The lowest BCUT2D eigenvalue weighted by molar-refractivity contribution is -0.113. The van der Waals surface area contributed by atoms with Crippen molar-refractivity contribution in [3.63, 3.8) is 0 Å². The van der Waals surface area contributed by atoms with Gasteiger partial charge in [-0.15, -0.1) is 0 Å². The van der Waals surface area contributed by atoms with Gasteiger partial charge in [-0.05, 0) is 30.9 Å². The van der Waals surface area contributed by atoms with Gasteiger partial charge in [0.05, 0.1) is 0 Å². The molecule has 0 aliphatic heterocycles. The molecule has 0 aromatic heterocycles. The molecule has 0 unspecified atom stereocenters. The Kier molecular flexibility index (Phi) is 1.78. The van der Waals surface area contributed by atoms with Gasteiger partial charge in [-0.2, -0.15) is 0 Å². The van der Waals surface area contributed by atoms with Crippen molar-refractivity contribution < 1.29 is 4.79 Å². The Bertz CT molecular complexity index is 131. The molecule has 0 bridgehead atoms. The van der Waals surface area contributed by atoms with Gasteiger partial charge >= 0.3 is 0 Å². The van der Waals surface area contributed by atoms with Crippen molar-refractivity contribution in [2.45, 2.75) is 31.2 Å². The molecule has 1 aliphatic rings. The van der Waals surface area contributed by atoms with Crippen LogP contribution in [0.1, 0.15) is 25.7 Å². The number of rotatable bonds is 2. The average molecular weight is 148 g/mol. The predicted molar refractivity (Wildman–Crippen MR) is 36.2 cm³/mol. The van der Waals surface area contributed by atoms with Crippen LogP contribution in [0.25, 0.3) is 0 Å². The Labute approximate surface area is 59.4 Å². The Balaban J connectivity index is 2.33. The van der Waals surface area contributed by atoms with Crippen LogP contribution < -0.4 is 5.73 Å². The predicted octanol–water partition coefficient (Wildman–Crippen LogP) is 1.02. The fourth-order valence-corrected chi connectivity index (χ4v) is 1.35. The van der Waals surface area contributed by atoms with Gasteiger partial charge in [0.25, 0.3) is 0 Å². The van der Waals surface area contributed by atoms with Crippen LogP contribution in [-0.2, 0) is 4.79 Å². The zero-order chi connectivity index (χ0) is 6.91. The first kappa shape index (κ1) is 7.03. The molecule has 1 rings (SSSR count). The van der Waals surface area contributed by atoms with Gasteiger partial charge in [-0.1, -0.05) is 0 Å². The summed E-state index contributed by atoms with van der Waals surface area (Å²) < 4.78 is 0. The monoisotopic (exact) mass is 147 g/mol. The molecule has 0 atom stereocenters. The lowest BCUT2D eigenvalue weighted by Crippen LogP contribution is -2.47. The van der Waals surface area contributed by atoms with E-state index in [-0.39, 0.29) is 10.8 Å². The quantitative estimate of drug-likeness (QED) is 0.593. The van der Waals surface area contributed by atoms with E-state index in [1.165, 1.54) is 0 Å². The third kappa shape index (κ3) is 1.66. The number of carbonyl (C=O) groups is 1. The highest BCUT2D eigenvalue weighted by Gasteiger charge is 2.33. The molecule has 1 saturated carbocycles. The summed E-state index contributed by atoms with van der Waals surface area (Å²) in [5, 5.41) is -0.308. The minimum absolute atomic E-state index is 0.237. The molecule has 0 spiro atoms. The van der Waals surface area contributed by atoms with Crippen molar-refractivity contribution >= 4 is 16.8 Å². The van der Waals surface area contributed by atoms with E-state index in [0.717, 1.165) is 19.3 Å².